The van der Waals surface area contributed by atoms with Gasteiger partial charge in [0.25, 0.3) is 0 Å². The van der Waals surface area contributed by atoms with Gasteiger partial charge in [-0.1, -0.05) is 25.0 Å². The van der Waals surface area contributed by atoms with Crippen LogP contribution in [-0.2, 0) is 4.79 Å². The Morgan fingerprint density at radius 1 is 1.13 bits per heavy atom. The maximum absolute atomic E-state index is 12.9. The fourth-order valence-electron chi connectivity index (χ4n) is 4.10. The number of hydrogen-bond donors (Lipinski definition) is 0. The number of carbonyl (C=O) groups excluding carboxylic acids is 1. The van der Waals surface area contributed by atoms with Gasteiger partial charge < -0.3 is 4.90 Å². The van der Waals surface area contributed by atoms with Crippen molar-refractivity contribution < 1.29 is 4.79 Å². The first-order valence-electron chi connectivity index (χ1n) is 8.96. The molecule has 2 aromatic rings. The van der Waals surface area contributed by atoms with Gasteiger partial charge in [-0.2, -0.15) is 0 Å². The van der Waals surface area contributed by atoms with E-state index in [9.17, 15) is 4.79 Å². The van der Waals surface area contributed by atoms with E-state index < -0.39 is 0 Å². The Kier molecular flexibility index (Phi) is 4.34. The highest BCUT2D eigenvalue weighted by atomic mass is 32.1. The van der Waals surface area contributed by atoms with Crippen molar-refractivity contribution in [1.82, 2.24) is 9.88 Å². The van der Waals surface area contributed by atoms with Gasteiger partial charge in [-0.25, -0.2) is 4.98 Å². The van der Waals surface area contributed by atoms with E-state index in [1.54, 1.807) is 11.3 Å². The molecule has 2 fully saturated rings. The first kappa shape index (κ1) is 15.1. The normalized spacial score (nSPS) is 22.8. The molecule has 0 spiro atoms. The Labute approximate surface area is 141 Å². The highest BCUT2D eigenvalue weighted by molar-refractivity contribution is 7.18. The van der Waals surface area contributed by atoms with Crippen LogP contribution in [0.15, 0.2) is 24.3 Å². The van der Waals surface area contributed by atoms with Crippen molar-refractivity contribution in [3.05, 3.63) is 29.3 Å². The zero-order valence-electron chi connectivity index (χ0n) is 13.5. The number of fused-ring (bicyclic) bond motifs is 1. The predicted molar refractivity (Wildman–Crippen MR) is 94.5 cm³/mol. The van der Waals surface area contributed by atoms with Crippen LogP contribution in [0.1, 0.15) is 62.4 Å². The molecule has 2 heterocycles. The van der Waals surface area contributed by atoms with E-state index in [1.165, 1.54) is 36.8 Å². The van der Waals surface area contributed by atoms with Crippen LogP contribution in [0.5, 0.6) is 0 Å². The Morgan fingerprint density at radius 2 is 1.91 bits per heavy atom. The molecular formula is C19H24N2OS. The van der Waals surface area contributed by atoms with E-state index in [-0.39, 0.29) is 6.04 Å². The lowest BCUT2D eigenvalue weighted by atomic mass is 9.98. The molecule has 1 amide bonds. The van der Waals surface area contributed by atoms with Gasteiger partial charge >= 0.3 is 0 Å². The van der Waals surface area contributed by atoms with Crippen molar-refractivity contribution in [1.29, 1.82) is 0 Å². The lowest BCUT2D eigenvalue weighted by molar-refractivity contribution is -0.136. The summed E-state index contributed by atoms with van der Waals surface area (Å²) in [4.78, 5) is 19.8. The maximum Gasteiger partial charge on any atom is 0.223 e. The quantitative estimate of drug-likeness (QED) is 0.800. The molecule has 1 saturated carbocycles. The first-order chi connectivity index (χ1) is 11.3. The van der Waals surface area contributed by atoms with Gasteiger partial charge in [-0.15, -0.1) is 11.3 Å². The number of nitrogens with zero attached hydrogens (tertiary/aromatic N) is 2. The molecule has 0 N–H and O–H groups in total. The topological polar surface area (TPSA) is 33.2 Å². The average molecular weight is 328 g/mol. The number of carbonyl (C=O) groups is 1. The van der Waals surface area contributed by atoms with Crippen LogP contribution in [0.2, 0.25) is 0 Å². The molecule has 0 radical (unpaired) electrons. The summed E-state index contributed by atoms with van der Waals surface area (Å²) < 4.78 is 1.23. The van der Waals surface area contributed by atoms with Crippen molar-refractivity contribution in [2.45, 2.75) is 57.4 Å². The van der Waals surface area contributed by atoms with Crippen LogP contribution in [0.25, 0.3) is 10.2 Å². The molecule has 1 aromatic carbocycles. The largest absolute Gasteiger partial charge is 0.333 e. The van der Waals surface area contributed by atoms with Gasteiger partial charge in [0.1, 0.15) is 5.01 Å². The number of amides is 1. The summed E-state index contributed by atoms with van der Waals surface area (Å²) in [6.45, 7) is 0.909. The van der Waals surface area contributed by atoms with Gasteiger partial charge in [0.05, 0.1) is 16.3 Å². The van der Waals surface area contributed by atoms with Crippen LogP contribution in [0.3, 0.4) is 0 Å². The average Bonchev–Trinajstić information content (AvgIpc) is 3.23. The van der Waals surface area contributed by atoms with E-state index in [1.807, 2.05) is 6.07 Å². The molecule has 1 atom stereocenters. The van der Waals surface area contributed by atoms with Crippen molar-refractivity contribution in [2.24, 2.45) is 5.92 Å². The summed E-state index contributed by atoms with van der Waals surface area (Å²) in [5.41, 5.74) is 1.07. The molecule has 23 heavy (non-hydrogen) atoms. The summed E-state index contributed by atoms with van der Waals surface area (Å²) in [6.07, 6.45) is 9.25. The zero-order chi connectivity index (χ0) is 15.6. The van der Waals surface area contributed by atoms with Gasteiger partial charge in [-0.3, -0.25) is 4.79 Å². The molecule has 3 nitrogen and oxygen atoms in total. The molecule has 1 saturated heterocycles. The number of para-hydroxylation sites is 1. The van der Waals surface area contributed by atoms with Gasteiger partial charge in [-0.05, 0) is 50.2 Å². The summed E-state index contributed by atoms with van der Waals surface area (Å²) in [7, 11) is 0. The number of rotatable bonds is 3. The molecule has 1 aliphatic heterocycles. The van der Waals surface area contributed by atoms with Crippen LogP contribution in [0.4, 0.5) is 0 Å². The van der Waals surface area contributed by atoms with E-state index in [0.717, 1.165) is 36.3 Å². The highest BCUT2D eigenvalue weighted by Gasteiger charge is 2.31. The van der Waals surface area contributed by atoms with Gasteiger partial charge in [0.2, 0.25) is 5.91 Å². The van der Waals surface area contributed by atoms with Crippen molar-refractivity contribution >= 4 is 27.5 Å². The summed E-state index contributed by atoms with van der Waals surface area (Å²) in [5.74, 6) is 0.987. The molecular weight excluding hydrogens is 304 g/mol. The second kappa shape index (κ2) is 6.60. The highest BCUT2D eigenvalue weighted by Crippen LogP contribution is 2.37. The number of benzene rings is 1. The zero-order valence-corrected chi connectivity index (χ0v) is 14.4. The SMILES string of the molecule is O=C(CC1CCCC1)N1CCCCC1c1nc2ccccc2s1. The first-order valence-corrected chi connectivity index (χ1v) is 9.78. The van der Waals surface area contributed by atoms with Crippen LogP contribution in [-0.4, -0.2) is 22.3 Å². The number of likely N-dealkylation sites (tertiary alicyclic amines) is 1. The maximum atomic E-state index is 12.9. The van der Waals surface area contributed by atoms with Crippen LogP contribution < -0.4 is 0 Å². The van der Waals surface area contributed by atoms with Gasteiger partial charge in [0.15, 0.2) is 0 Å². The van der Waals surface area contributed by atoms with E-state index in [4.69, 9.17) is 4.98 Å². The van der Waals surface area contributed by atoms with E-state index in [2.05, 4.69) is 23.1 Å². The molecule has 0 bridgehead atoms. The Hall–Kier alpha value is -1.42. The number of piperidine rings is 1. The molecule has 1 aliphatic carbocycles. The Bertz CT molecular complexity index is 656. The third-order valence-corrected chi connectivity index (χ3v) is 6.49. The third kappa shape index (κ3) is 3.14. The Morgan fingerprint density at radius 3 is 2.74 bits per heavy atom. The summed E-state index contributed by atoms with van der Waals surface area (Å²) in [6, 6.07) is 8.51. The lowest BCUT2D eigenvalue weighted by Gasteiger charge is -2.35. The molecule has 2 aliphatic rings. The monoisotopic (exact) mass is 328 g/mol. The van der Waals surface area contributed by atoms with E-state index >= 15 is 0 Å². The minimum absolute atomic E-state index is 0.204. The van der Waals surface area contributed by atoms with Crippen LogP contribution >= 0.6 is 11.3 Å². The summed E-state index contributed by atoms with van der Waals surface area (Å²) in [5, 5.41) is 1.13. The summed E-state index contributed by atoms with van der Waals surface area (Å²) >= 11 is 1.76. The minimum atomic E-state index is 0.204. The van der Waals surface area contributed by atoms with Crippen LogP contribution in [0, 0.1) is 5.92 Å². The minimum Gasteiger partial charge on any atom is -0.333 e. The van der Waals surface area contributed by atoms with Crippen molar-refractivity contribution in [2.75, 3.05) is 6.54 Å². The molecule has 4 rings (SSSR count). The fraction of sp³-hybridized carbons (Fsp3) is 0.579. The lowest BCUT2D eigenvalue weighted by Crippen LogP contribution is -2.39. The Balaban J connectivity index is 1.55. The molecule has 1 unspecified atom stereocenters. The third-order valence-electron chi connectivity index (χ3n) is 5.36. The molecule has 1 aromatic heterocycles. The number of hydrogen-bond acceptors (Lipinski definition) is 3. The van der Waals surface area contributed by atoms with Crippen molar-refractivity contribution in [3.8, 4) is 0 Å². The van der Waals surface area contributed by atoms with Crippen molar-refractivity contribution in [3.63, 3.8) is 0 Å². The predicted octanol–water partition coefficient (Wildman–Crippen LogP) is 4.93. The fourth-order valence-corrected chi connectivity index (χ4v) is 5.21. The number of thiazole rings is 1. The molecule has 4 heteroatoms. The molecule has 122 valence electrons. The van der Waals surface area contributed by atoms with Gasteiger partial charge in [0, 0.05) is 13.0 Å². The second-order valence-electron chi connectivity index (χ2n) is 6.97. The second-order valence-corrected chi connectivity index (χ2v) is 8.04. The number of aromatic nitrogens is 1. The standard InChI is InChI=1S/C19H24N2OS/c22-18(13-14-7-1-2-8-14)21-12-6-5-10-16(21)19-20-15-9-3-4-11-17(15)23-19/h3-4,9,11,14,16H,1-2,5-8,10,12-13H2. The van der Waals surface area contributed by atoms with E-state index in [0.29, 0.717) is 11.8 Å². The smallest absolute Gasteiger partial charge is 0.223 e.